The van der Waals surface area contributed by atoms with E-state index in [0.29, 0.717) is 13.0 Å². The number of para-hydroxylation sites is 1. The van der Waals surface area contributed by atoms with Crippen LogP contribution < -0.4 is 5.32 Å². The van der Waals surface area contributed by atoms with Crippen molar-refractivity contribution < 1.29 is 14.7 Å². The molecule has 0 radical (unpaired) electrons. The van der Waals surface area contributed by atoms with Crippen LogP contribution in [0.5, 0.6) is 0 Å². The van der Waals surface area contributed by atoms with E-state index in [0.717, 1.165) is 10.9 Å². The summed E-state index contributed by atoms with van der Waals surface area (Å²) in [5, 5.41) is 13.0. The van der Waals surface area contributed by atoms with Gasteiger partial charge in [-0.3, -0.25) is 4.79 Å². The van der Waals surface area contributed by atoms with Crippen molar-refractivity contribution >= 4 is 22.8 Å². The molecule has 0 aliphatic rings. The lowest BCUT2D eigenvalue weighted by molar-refractivity contribution is -0.143. The standard InChI is InChI=1S/C17H22N2O3/c1-3-12(2)16(17(21)22)18-15(20)9-11-19-10-8-13-6-4-5-7-14(13)19/h4-8,10,12,16H,3,9,11H2,1-2H3,(H,18,20)(H,21,22). The molecule has 1 amide bonds. The molecule has 0 saturated heterocycles. The van der Waals surface area contributed by atoms with Gasteiger partial charge in [0.2, 0.25) is 5.91 Å². The normalized spacial score (nSPS) is 13.7. The van der Waals surface area contributed by atoms with Crippen molar-refractivity contribution in [2.45, 2.75) is 39.3 Å². The first-order valence-corrected chi connectivity index (χ1v) is 7.59. The van der Waals surface area contributed by atoms with Crippen molar-refractivity contribution in [1.82, 2.24) is 9.88 Å². The van der Waals surface area contributed by atoms with Crippen LogP contribution in [0.25, 0.3) is 10.9 Å². The zero-order valence-electron chi connectivity index (χ0n) is 13.0. The molecule has 2 unspecified atom stereocenters. The van der Waals surface area contributed by atoms with Crippen molar-refractivity contribution in [2.24, 2.45) is 5.92 Å². The van der Waals surface area contributed by atoms with Crippen LogP contribution in [0.15, 0.2) is 36.5 Å². The number of aromatic nitrogens is 1. The second kappa shape index (κ2) is 7.11. The zero-order valence-corrected chi connectivity index (χ0v) is 13.0. The number of carbonyl (C=O) groups is 2. The van der Waals surface area contributed by atoms with Crippen molar-refractivity contribution in [3.8, 4) is 0 Å². The number of hydrogen-bond donors (Lipinski definition) is 2. The van der Waals surface area contributed by atoms with Gasteiger partial charge in [0.1, 0.15) is 6.04 Å². The average molecular weight is 302 g/mol. The highest BCUT2D eigenvalue weighted by atomic mass is 16.4. The van der Waals surface area contributed by atoms with Gasteiger partial charge in [0.05, 0.1) is 0 Å². The van der Waals surface area contributed by atoms with E-state index in [2.05, 4.69) is 5.32 Å². The van der Waals surface area contributed by atoms with E-state index < -0.39 is 12.0 Å². The maximum Gasteiger partial charge on any atom is 0.326 e. The van der Waals surface area contributed by atoms with Gasteiger partial charge in [-0.05, 0) is 23.4 Å². The molecular weight excluding hydrogens is 280 g/mol. The first kappa shape index (κ1) is 16.1. The van der Waals surface area contributed by atoms with Crippen LogP contribution >= 0.6 is 0 Å². The number of nitrogens with zero attached hydrogens (tertiary/aromatic N) is 1. The Labute approximate surface area is 129 Å². The molecule has 0 bridgehead atoms. The Balaban J connectivity index is 1.96. The Morgan fingerprint density at radius 3 is 2.68 bits per heavy atom. The molecule has 1 aromatic heterocycles. The van der Waals surface area contributed by atoms with Gasteiger partial charge in [0.15, 0.2) is 0 Å². The summed E-state index contributed by atoms with van der Waals surface area (Å²) in [6.45, 7) is 4.28. The minimum atomic E-state index is -0.978. The molecule has 2 atom stereocenters. The van der Waals surface area contributed by atoms with Crippen molar-refractivity contribution in [1.29, 1.82) is 0 Å². The Morgan fingerprint density at radius 1 is 1.27 bits per heavy atom. The fraction of sp³-hybridized carbons (Fsp3) is 0.412. The summed E-state index contributed by atoms with van der Waals surface area (Å²) in [5.41, 5.74) is 1.08. The second-order valence-corrected chi connectivity index (χ2v) is 5.59. The number of aryl methyl sites for hydroxylation is 1. The first-order valence-electron chi connectivity index (χ1n) is 7.59. The maximum absolute atomic E-state index is 12.0. The largest absolute Gasteiger partial charge is 0.480 e. The molecule has 118 valence electrons. The average Bonchev–Trinajstić information content (AvgIpc) is 2.93. The smallest absolute Gasteiger partial charge is 0.326 e. The number of rotatable bonds is 7. The summed E-state index contributed by atoms with van der Waals surface area (Å²) in [7, 11) is 0. The Bertz CT molecular complexity index is 663. The highest BCUT2D eigenvalue weighted by Crippen LogP contribution is 2.15. The molecular formula is C17H22N2O3. The lowest BCUT2D eigenvalue weighted by Crippen LogP contribution is -2.45. The summed E-state index contributed by atoms with van der Waals surface area (Å²) in [6.07, 6.45) is 2.92. The number of amides is 1. The van der Waals surface area contributed by atoms with Crippen LogP contribution in [0.1, 0.15) is 26.7 Å². The van der Waals surface area contributed by atoms with Crippen LogP contribution in [-0.4, -0.2) is 27.6 Å². The second-order valence-electron chi connectivity index (χ2n) is 5.59. The quantitative estimate of drug-likeness (QED) is 0.826. The molecule has 2 rings (SSSR count). The van der Waals surface area contributed by atoms with E-state index >= 15 is 0 Å². The van der Waals surface area contributed by atoms with Gasteiger partial charge in [0, 0.05) is 24.7 Å². The van der Waals surface area contributed by atoms with Crippen LogP contribution in [0, 0.1) is 5.92 Å². The van der Waals surface area contributed by atoms with Crippen molar-refractivity contribution in [3.05, 3.63) is 36.5 Å². The molecule has 5 heteroatoms. The molecule has 0 aliphatic carbocycles. The first-order chi connectivity index (χ1) is 10.5. The molecule has 0 saturated carbocycles. The predicted octanol–water partition coefficient (Wildman–Crippen LogP) is 2.65. The molecule has 0 spiro atoms. The number of fused-ring (bicyclic) bond motifs is 1. The van der Waals surface area contributed by atoms with Crippen LogP contribution in [0.3, 0.4) is 0 Å². The third kappa shape index (κ3) is 3.67. The Hall–Kier alpha value is -2.30. The fourth-order valence-electron chi connectivity index (χ4n) is 2.49. The molecule has 1 aromatic carbocycles. The molecule has 0 aliphatic heterocycles. The van der Waals surface area contributed by atoms with Gasteiger partial charge < -0.3 is 15.0 Å². The van der Waals surface area contributed by atoms with Gasteiger partial charge in [-0.1, -0.05) is 38.5 Å². The lowest BCUT2D eigenvalue weighted by Gasteiger charge is -2.20. The van der Waals surface area contributed by atoms with Gasteiger partial charge in [-0.2, -0.15) is 0 Å². The molecule has 2 aromatic rings. The van der Waals surface area contributed by atoms with Crippen molar-refractivity contribution in [3.63, 3.8) is 0 Å². The van der Waals surface area contributed by atoms with Crippen molar-refractivity contribution in [2.75, 3.05) is 0 Å². The Morgan fingerprint density at radius 2 is 2.00 bits per heavy atom. The SMILES string of the molecule is CCC(C)C(NC(=O)CCn1ccc2ccccc21)C(=O)O. The summed E-state index contributed by atoms with van der Waals surface area (Å²) in [6, 6.07) is 9.15. The molecule has 5 nitrogen and oxygen atoms in total. The zero-order chi connectivity index (χ0) is 16.1. The van der Waals surface area contributed by atoms with E-state index in [1.54, 1.807) is 0 Å². The maximum atomic E-state index is 12.0. The number of nitrogens with one attached hydrogen (secondary N) is 1. The minimum Gasteiger partial charge on any atom is -0.480 e. The van der Waals surface area contributed by atoms with Gasteiger partial charge >= 0.3 is 5.97 Å². The van der Waals surface area contributed by atoms with Gasteiger partial charge in [-0.15, -0.1) is 0 Å². The highest BCUT2D eigenvalue weighted by molar-refractivity contribution is 5.84. The fourth-order valence-corrected chi connectivity index (χ4v) is 2.49. The number of benzene rings is 1. The van der Waals surface area contributed by atoms with Crippen LogP contribution in [0.4, 0.5) is 0 Å². The van der Waals surface area contributed by atoms with Crippen LogP contribution in [-0.2, 0) is 16.1 Å². The van der Waals surface area contributed by atoms with E-state index in [1.807, 2.05) is 54.9 Å². The monoisotopic (exact) mass is 302 g/mol. The van der Waals surface area contributed by atoms with Gasteiger partial charge in [-0.25, -0.2) is 4.79 Å². The number of aliphatic carboxylic acids is 1. The number of carboxylic acid groups (broad SMARTS) is 1. The summed E-state index contributed by atoms with van der Waals surface area (Å²) < 4.78 is 2.01. The molecule has 1 heterocycles. The molecule has 2 N–H and O–H groups in total. The molecule has 22 heavy (non-hydrogen) atoms. The lowest BCUT2D eigenvalue weighted by atomic mass is 9.99. The highest BCUT2D eigenvalue weighted by Gasteiger charge is 2.24. The van der Waals surface area contributed by atoms with E-state index in [9.17, 15) is 14.7 Å². The number of carbonyl (C=O) groups excluding carboxylic acids is 1. The van der Waals surface area contributed by atoms with Crippen LogP contribution in [0.2, 0.25) is 0 Å². The number of hydrogen-bond acceptors (Lipinski definition) is 2. The third-order valence-corrected chi connectivity index (χ3v) is 4.06. The van der Waals surface area contributed by atoms with E-state index in [1.165, 1.54) is 0 Å². The topological polar surface area (TPSA) is 71.3 Å². The third-order valence-electron chi connectivity index (χ3n) is 4.06. The van der Waals surface area contributed by atoms with E-state index in [-0.39, 0.29) is 18.2 Å². The Kier molecular flexibility index (Phi) is 5.20. The molecule has 0 fully saturated rings. The summed E-state index contributed by atoms with van der Waals surface area (Å²) in [4.78, 5) is 23.2. The predicted molar refractivity (Wildman–Crippen MR) is 85.6 cm³/mol. The number of carboxylic acids is 1. The summed E-state index contributed by atoms with van der Waals surface area (Å²) in [5.74, 6) is -1.30. The summed E-state index contributed by atoms with van der Waals surface area (Å²) >= 11 is 0. The minimum absolute atomic E-state index is 0.0890. The van der Waals surface area contributed by atoms with Gasteiger partial charge in [0.25, 0.3) is 0 Å². The van der Waals surface area contributed by atoms with E-state index in [4.69, 9.17) is 0 Å².